The lowest BCUT2D eigenvalue weighted by Crippen LogP contribution is -2.19. The van der Waals surface area contributed by atoms with Gasteiger partial charge >= 0.3 is 0 Å². The second-order valence-corrected chi connectivity index (χ2v) is 5.66. The third-order valence-electron chi connectivity index (χ3n) is 4.14. The minimum absolute atomic E-state index is 0.184. The van der Waals surface area contributed by atoms with Crippen molar-refractivity contribution >= 4 is 0 Å². The molecule has 0 bridgehead atoms. The number of fused-ring (bicyclic) bond motifs is 2. The van der Waals surface area contributed by atoms with E-state index >= 15 is 0 Å². The molecule has 1 atom stereocenters. The molecule has 0 amide bonds. The normalized spacial score (nSPS) is 16.2. The lowest BCUT2D eigenvalue weighted by atomic mass is 10.1. The van der Waals surface area contributed by atoms with E-state index in [-0.39, 0.29) is 6.04 Å². The van der Waals surface area contributed by atoms with Gasteiger partial charge in [0.1, 0.15) is 13.2 Å². The van der Waals surface area contributed by atoms with Crippen molar-refractivity contribution in [2.24, 2.45) is 0 Å². The molecule has 23 heavy (non-hydrogen) atoms. The highest BCUT2D eigenvalue weighted by Gasteiger charge is 2.18. The van der Waals surface area contributed by atoms with Gasteiger partial charge < -0.3 is 24.3 Å². The van der Waals surface area contributed by atoms with E-state index in [4.69, 9.17) is 18.9 Å². The highest BCUT2D eigenvalue weighted by molar-refractivity contribution is 5.48. The highest BCUT2D eigenvalue weighted by Crippen LogP contribution is 2.36. The molecule has 0 fully saturated rings. The van der Waals surface area contributed by atoms with Crippen molar-refractivity contribution in [3.8, 4) is 23.0 Å². The molecule has 120 valence electrons. The van der Waals surface area contributed by atoms with Crippen LogP contribution >= 0.6 is 0 Å². The quantitative estimate of drug-likeness (QED) is 0.940. The Morgan fingerprint density at radius 1 is 0.957 bits per heavy atom. The van der Waals surface area contributed by atoms with Crippen molar-refractivity contribution in [1.29, 1.82) is 0 Å². The van der Waals surface area contributed by atoms with E-state index in [2.05, 4.69) is 24.4 Å². The molecule has 0 aromatic heterocycles. The van der Waals surface area contributed by atoms with E-state index in [0.29, 0.717) is 26.6 Å². The Labute approximate surface area is 135 Å². The fourth-order valence-corrected chi connectivity index (χ4v) is 2.84. The standard InChI is InChI=1S/C18H19NO4/c1-12(13-5-6-15-17(9-13)21-8-7-20-15)19-10-14-3-2-4-16-18(14)23-11-22-16/h2-6,9,12,19H,7-8,10-11H2,1H3. The monoisotopic (exact) mass is 313 g/mol. The molecule has 0 saturated carbocycles. The molecule has 2 aliphatic heterocycles. The maximum absolute atomic E-state index is 5.65. The first kappa shape index (κ1) is 14.2. The van der Waals surface area contributed by atoms with Crippen molar-refractivity contribution in [2.45, 2.75) is 19.5 Å². The highest BCUT2D eigenvalue weighted by atomic mass is 16.7. The molecule has 4 rings (SSSR count). The number of hydrogen-bond donors (Lipinski definition) is 1. The van der Waals surface area contributed by atoms with Crippen LogP contribution in [0.4, 0.5) is 0 Å². The molecule has 5 heteroatoms. The van der Waals surface area contributed by atoms with Gasteiger partial charge in [-0.1, -0.05) is 18.2 Å². The van der Waals surface area contributed by atoms with E-state index in [1.807, 2.05) is 24.3 Å². The van der Waals surface area contributed by atoms with Gasteiger partial charge in [0.15, 0.2) is 23.0 Å². The summed E-state index contributed by atoms with van der Waals surface area (Å²) in [4.78, 5) is 0. The summed E-state index contributed by atoms with van der Waals surface area (Å²) < 4.78 is 22.2. The first-order chi connectivity index (χ1) is 11.3. The number of nitrogens with one attached hydrogen (secondary N) is 1. The Hall–Kier alpha value is -2.40. The van der Waals surface area contributed by atoms with Crippen LogP contribution in [0.1, 0.15) is 24.1 Å². The molecule has 2 aliphatic rings. The molecule has 1 N–H and O–H groups in total. The summed E-state index contributed by atoms with van der Waals surface area (Å²) in [7, 11) is 0. The van der Waals surface area contributed by atoms with Crippen LogP contribution in [0.15, 0.2) is 36.4 Å². The maximum atomic E-state index is 5.65. The van der Waals surface area contributed by atoms with E-state index in [9.17, 15) is 0 Å². The van der Waals surface area contributed by atoms with Crippen LogP contribution in [0.5, 0.6) is 23.0 Å². The molecule has 5 nitrogen and oxygen atoms in total. The first-order valence-corrected chi connectivity index (χ1v) is 7.82. The Morgan fingerprint density at radius 2 is 1.83 bits per heavy atom. The van der Waals surface area contributed by atoms with Crippen LogP contribution < -0.4 is 24.3 Å². The largest absolute Gasteiger partial charge is 0.486 e. The fraction of sp³-hybridized carbons (Fsp3) is 0.333. The molecule has 0 aliphatic carbocycles. The van der Waals surface area contributed by atoms with Crippen LogP contribution in [-0.2, 0) is 6.54 Å². The third kappa shape index (κ3) is 2.80. The second kappa shape index (κ2) is 6.01. The lowest BCUT2D eigenvalue weighted by molar-refractivity contribution is 0.171. The molecule has 0 saturated heterocycles. The van der Waals surface area contributed by atoms with Gasteiger partial charge in [0.2, 0.25) is 6.79 Å². The molecular weight excluding hydrogens is 294 g/mol. The molecule has 2 aromatic rings. The van der Waals surface area contributed by atoms with Gasteiger partial charge in [-0.25, -0.2) is 0 Å². The van der Waals surface area contributed by atoms with Crippen LogP contribution in [-0.4, -0.2) is 20.0 Å². The number of ether oxygens (including phenoxy) is 4. The summed E-state index contributed by atoms with van der Waals surface area (Å²) in [6, 6.07) is 12.2. The maximum Gasteiger partial charge on any atom is 0.231 e. The second-order valence-electron chi connectivity index (χ2n) is 5.66. The Morgan fingerprint density at radius 3 is 2.74 bits per heavy atom. The van der Waals surface area contributed by atoms with Gasteiger partial charge in [-0.2, -0.15) is 0 Å². The van der Waals surface area contributed by atoms with Crippen LogP contribution in [0.2, 0.25) is 0 Å². The lowest BCUT2D eigenvalue weighted by Gasteiger charge is -2.21. The average Bonchev–Trinajstić information content (AvgIpc) is 3.08. The van der Waals surface area contributed by atoms with Gasteiger partial charge in [-0.05, 0) is 30.7 Å². The van der Waals surface area contributed by atoms with E-state index in [1.165, 1.54) is 5.56 Å². The van der Waals surface area contributed by atoms with E-state index in [0.717, 1.165) is 28.6 Å². The van der Waals surface area contributed by atoms with Crippen molar-refractivity contribution in [3.63, 3.8) is 0 Å². The van der Waals surface area contributed by atoms with Gasteiger partial charge in [-0.15, -0.1) is 0 Å². The topological polar surface area (TPSA) is 49.0 Å². The van der Waals surface area contributed by atoms with Crippen molar-refractivity contribution < 1.29 is 18.9 Å². The van der Waals surface area contributed by atoms with Crippen LogP contribution in [0.3, 0.4) is 0 Å². The summed E-state index contributed by atoms with van der Waals surface area (Å²) >= 11 is 0. The third-order valence-corrected chi connectivity index (χ3v) is 4.14. The molecule has 0 radical (unpaired) electrons. The number of para-hydroxylation sites is 1. The van der Waals surface area contributed by atoms with E-state index in [1.54, 1.807) is 0 Å². The minimum Gasteiger partial charge on any atom is -0.486 e. The number of rotatable bonds is 4. The summed E-state index contributed by atoms with van der Waals surface area (Å²) in [6.07, 6.45) is 0. The van der Waals surface area contributed by atoms with E-state index < -0.39 is 0 Å². The van der Waals surface area contributed by atoms with Crippen molar-refractivity contribution in [2.75, 3.05) is 20.0 Å². The summed E-state index contributed by atoms with van der Waals surface area (Å²) in [5, 5.41) is 3.52. The molecule has 2 heterocycles. The van der Waals surface area contributed by atoms with Gasteiger partial charge in [-0.3, -0.25) is 0 Å². The number of benzene rings is 2. The molecular formula is C18H19NO4. The van der Waals surface area contributed by atoms with Crippen molar-refractivity contribution in [1.82, 2.24) is 5.32 Å². The van der Waals surface area contributed by atoms with Gasteiger partial charge in [0, 0.05) is 18.2 Å². The molecule has 2 aromatic carbocycles. The zero-order valence-corrected chi connectivity index (χ0v) is 13.0. The van der Waals surface area contributed by atoms with Gasteiger partial charge in [0.05, 0.1) is 0 Å². The first-order valence-electron chi connectivity index (χ1n) is 7.82. The Balaban J connectivity index is 1.46. The molecule has 0 spiro atoms. The predicted octanol–water partition coefficient (Wildman–Crippen LogP) is 3.04. The summed E-state index contributed by atoms with van der Waals surface area (Å²) in [5.74, 6) is 3.30. The van der Waals surface area contributed by atoms with Gasteiger partial charge in [0.25, 0.3) is 0 Å². The average molecular weight is 313 g/mol. The zero-order valence-electron chi connectivity index (χ0n) is 13.0. The Bertz CT molecular complexity index is 716. The minimum atomic E-state index is 0.184. The van der Waals surface area contributed by atoms with Crippen LogP contribution in [0, 0.1) is 0 Å². The zero-order chi connectivity index (χ0) is 15.6. The predicted molar refractivity (Wildman–Crippen MR) is 85.3 cm³/mol. The molecule has 1 unspecified atom stereocenters. The summed E-state index contributed by atoms with van der Waals surface area (Å²) in [6.45, 7) is 4.35. The SMILES string of the molecule is CC(NCc1cccc2c1OCO2)c1ccc2c(c1)OCCO2. The Kier molecular flexibility index (Phi) is 3.71. The van der Waals surface area contributed by atoms with Crippen molar-refractivity contribution in [3.05, 3.63) is 47.5 Å². The fourth-order valence-electron chi connectivity index (χ4n) is 2.84. The summed E-state index contributed by atoms with van der Waals surface area (Å²) in [5.41, 5.74) is 2.27. The smallest absolute Gasteiger partial charge is 0.231 e. The number of hydrogen-bond acceptors (Lipinski definition) is 5. The van der Waals surface area contributed by atoms with Crippen LogP contribution in [0.25, 0.3) is 0 Å².